The van der Waals surface area contributed by atoms with E-state index >= 15 is 0 Å². The van der Waals surface area contributed by atoms with E-state index < -0.39 is 17.7 Å². The standard InChI is InChI=1S/C13H11FN2O3/c14-10-3-1-2-4-11(10)16-8-9(7-12(16)17)13(18)19-6-5-15/h1-4,9H,6-8H2/t9-/m1/s1. The van der Waals surface area contributed by atoms with E-state index in [1.807, 2.05) is 0 Å². The molecule has 0 bridgehead atoms. The molecule has 6 heteroatoms. The number of carbonyl (C=O) groups is 2. The maximum atomic E-state index is 13.6. The van der Waals surface area contributed by atoms with Gasteiger partial charge in [0.25, 0.3) is 0 Å². The average molecular weight is 262 g/mol. The number of hydrogen-bond donors (Lipinski definition) is 0. The van der Waals surface area contributed by atoms with Gasteiger partial charge in [-0.15, -0.1) is 0 Å². The second kappa shape index (κ2) is 5.48. The summed E-state index contributed by atoms with van der Waals surface area (Å²) >= 11 is 0. The molecule has 1 aromatic rings. The van der Waals surface area contributed by atoms with Crippen molar-refractivity contribution in [1.82, 2.24) is 0 Å². The lowest BCUT2D eigenvalue weighted by atomic mass is 10.1. The molecule has 19 heavy (non-hydrogen) atoms. The molecule has 1 saturated heterocycles. The third-order valence-electron chi connectivity index (χ3n) is 2.88. The van der Waals surface area contributed by atoms with Crippen molar-refractivity contribution in [3.63, 3.8) is 0 Å². The summed E-state index contributed by atoms with van der Waals surface area (Å²) in [6.45, 7) is -0.271. The molecule has 1 heterocycles. The minimum Gasteiger partial charge on any atom is -0.450 e. The summed E-state index contributed by atoms with van der Waals surface area (Å²) in [4.78, 5) is 24.6. The largest absolute Gasteiger partial charge is 0.450 e. The number of amides is 1. The summed E-state index contributed by atoms with van der Waals surface area (Å²) in [6, 6.07) is 7.56. The number of rotatable bonds is 3. The topological polar surface area (TPSA) is 70.4 Å². The fraction of sp³-hybridized carbons (Fsp3) is 0.308. The van der Waals surface area contributed by atoms with Crippen molar-refractivity contribution in [3.8, 4) is 6.07 Å². The molecule has 2 rings (SSSR count). The van der Waals surface area contributed by atoms with Gasteiger partial charge in [0.1, 0.15) is 11.9 Å². The van der Waals surface area contributed by atoms with E-state index in [2.05, 4.69) is 4.74 Å². The molecule has 1 aliphatic heterocycles. The lowest BCUT2D eigenvalue weighted by molar-refractivity contribution is -0.146. The molecule has 1 aromatic carbocycles. The van der Waals surface area contributed by atoms with Crippen LogP contribution in [0.3, 0.4) is 0 Å². The van der Waals surface area contributed by atoms with Crippen LogP contribution >= 0.6 is 0 Å². The third kappa shape index (κ3) is 2.71. The minimum atomic E-state index is -0.652. The maximum Gasteiger partial charge on any atom is 0.312 e. The Balaban J connectivity index is 2.10. The molecule has 0 radical (unpaired) electrons. The number of hydrogen-bond acceptors (Lipinski definition) is 4. The minimum absolute atomic E-state index is 0.0292. The molecule has 0 aromatic heterocycles. The zero-order chi connectivity index (χ0) is 13.8. The van der Waals surface area contributed by atoms with E-state index in [0.717, 1.165) is 0 Å². The van der Waals surface area contributed by atoms with Crippen LogP contribution in [0, 0.1) is 23.1 Å². The van der Waals surface area contributed by atoms with Crippen LogP contribution in [0.4, 0.5) is 10.1 Å². The van der Waals surface area contributed by atoms with Crippen molar-refractivity contribution in [1.29, 1.82) is 5.26 Å². The quantitative estimate of drug-likeness (QED) is 0.768. The SMILES string of the molecule is N#CCOC(=O)[C@@H]1CC(=O)N(c2ccccc2F)C1. The van der Waals surface area contributed by atoms with Gasteiger partial charge in [0.2, 0.25) is 5.91 Å². The van der Waals surface area contributed by atoms with Gasteiger partial charge in [0, 0.05) is 13.0 Å². The maximum absolute atomic E-state index is 13.6. The third-order valence-corrected chi connectivity index (χ3v) is 2.88. The Kier molecular flexibility index (Phi) is 3.76. The molecular formula is C13H11FN2O3. The molecule has 1 aliphatic rings. The Bertz CT molecular complexity index is 553. The molecule has 0 spiro atoms. The number of nitrogens with zero attached hydrogens (tertiary/aromatic N) is 2. The summed E-state index contributed by atoms with van der Waals surface area (Å²) in [7, 11) is 0. The predicted molar refractivity (Wildman–Crippen MR) is 63.4 cm³/mol. The van der Waals surface area contributed by atoms with Gasteiger partial charge < -0.3 is 9.64 Å². The Morgan fingerprint density at radius 2 is 2.26 bits per heavy atom. The van der Waals surface area contributed by atoms with Crippen molar-refractivity contribution in [2.24, 2.45) is 5.92 Å². The van der Waals surface area contributed by atoms with Gasteiger partial charge in [0.15, 0.2) is 6.61 Å². The highest BCUT2D eigenvalue weighted by molar-refractivity contribution is 5.99. The Morgan fingerprint density at radius 3 is 2.95 bits per heavy atom. The van der Waals surface area contributed by atoms with E-state index in [4.69, 9.17) is 5.26 Å². The summed E-state index contributed by atoms with van der Waals surface area (Å²) in [5, 5.41) is 8.32. The summed E-state index contributed by atoms with van der Waals surface area (Å²) in [6.07, 6.45) is -0.0292. The number of carbonyl (C=O) groups excluding carboxylic acids is 2. The molecule has 1 atom stereocenters. The fourth-order valence-corrected chi connectivity index (χ4v) is 1.99. The van der Waals surface area contributed by atoms with Crippen LogP contribution in [0.1, 0.15) is 6.42 Å². The zero-order valence-electron chi connectivity index (χ0n) is 10.0. The van der Waals surface area contributed by atoms with E-state index in [-0.39, 0.29) is 31.2 Å². The van der Waals surface area contributed by atoms with Crippen LogP contribution < -0.4 is 4.90 Å². The van der Waals surface area contributed by atoms with Crippen molar-refractivity contribution < 1.29 is 18.7 Å². The first-order valence-corrected chi connectivity index (χ1v) is 5.72. The Hall–Kier alpha value is -2.42. The van der Waals surface area contributed by atoms with E-state index in [1.54, 1.807) is 12.1 Å². The lowest BCUT2D eigenvalue weighted by Crippen LogP contribution is -2.27. The average Bonchev–Trinajstić information content (AvgIpc) is 2.78. The van der Waals surface area contributed by atoms with E-state index in [9.17, 15) is 14.0 Å². The molecule has 0 N–H and O–H groups in total. The summed E-state index contributed by atoms with van der Waals surface area (Å²) in [5.41, 5.74) is 0.156. The van der Waals surface area contributed by atoms with Crippen LogP contribution in [0.2, 0.25) is 0 Å². The number of ether oxygens (including phenoxy) is 1. The van der Waals surface area contributed by atoms with Gasteiger partial charge in [-0.2, -0.15) is 5.26 Å². The summed E-state index contributed by atoms with van der Waals surface area (Å²) < 4.78 is 18.3. The molecule has 1 fully saturated rings. The van der Waals surface area contributed by atoms with Gasteiger partial charge >= 0.3 is 5.97 Å². The Labute approximate surface area is 109 Å². The highest BCUT2D eigenvalue weighted by Crippen LogP contribution is 2.27. The first-order valence-electron chi connectivity index (χ1n) is 5.72. The van der Waals surface area contributed by atoms with Crippen LogP contribution in [-0.2, 0) is 14.3 Å². The second-order valence-electron chi connectivity index (χ2n) is 4.12. The van der Waals surface area contributed by atoms with Gasteiger partial charge in [-0.25, -0.2) is 4.39 Å². The van der Waals surface area contributed by atoms with Crippen molar-refractivity contribution in [3.05, 3.63) is 30.1 Å². The smallest absolute Gasteiger partial charge is 0.312 e. The monoisotopic (exact) mass is 262 g/mol. The number of para-hydroxylation sites is 1. The summed E-state index contributed by atoms with van der Waals surface area (Å²) in [5.74, 6) is -2.10. The highest BCUT2D eigenvalue weighted by atomic mass is 19.1. The van der Waals surface area contributed by atoms with Crippen molar-refractivity contribution in [2.45, 2.75) is 6.42 Å². The normalized spacial score (nSPS) is 18.2. The first-order chi connectivity index (χ1) is 9.13. The number of halogens is 1. The first kappa shape index (κ1) is 13.0. The van der Waals surface area contributed by atoms with Gasteiger partial charge in [-0.05, 0) is 12.1 Å². The van der Waals surface area contributed by atoms with Crippen LogP contribution in [0.25, 0.3) is 0 Å². The molecular weight excluding hydrogens is 251 g/mol. The molecule has 0 aliphatic carbocycles. The van der Waals surface area contributed by atoms with E-state index in [0.29, 0.717) is 0 Å². The van der Waals surface area contributed by atoms with Crippen LogP contribution in [0.15, 0.2) is 24.3 Å². The van der Waals surface area contributed by atoms with Crippen molar-refractivity contribution >= 4 is 17.6 Å². The molecule has 98 valence electrons. The van der Waals surface area contributed by atoms with E-state index in [1.165, 1.54) is 23.1 Å². The predicted octanol–water partition coefficient (Wildman–Crippen LogP) is 1.25. The van der Waals surface area contributed by atoms with Gasteiger partial charge in [0.05, 0.1) is 11.6 Å². The number of esters is 1. The second-order valence-corrected chi connectivity index (χ2v) is 4.12. The number of nitriles is 1. The highest BCUT2D eigenvalue weighted by Gasteiger charge is 2.37. The van der Waals surface area contributed by atoms with Gasteiger partial charge in [-0.3, -0.25) is 9.59 Å². The number of benzene rings is 1. The fourth-order valence-electron chi connectivity index (χ4n) is 1.99. The molecule has 0 unspecified atom stereocenters. The molecule has 1 amide bonds. The zero-order valence-corrected chi connectivity index (χ0v) is 10.0. The Morgan fingerprint density at radius 1 is 1.53 bits per heavy atom. The van der Waals surface area contributed by atoms with Gasteiger partial charge in [-0.1, -0.05) is 12.1 Å². The lowest BCUT2D eigenvalue weighted by Gasteiger charge is -2.16. The van der Waals surface area contributed by atoms with Crippen LogP contribution in [-0.4, -0.2) is 25.0 Å². The number of anilines is 1. The molecule has 0 saturated carbocycles. The van der Waals surface area contributed by atoms with Crippen molar-refractivity contribution in [2.75, 3.05) is 18.1 Å². The van der Waals surface area contributed by atoms with Crippen LogP contribution in [0.5, 0.6) is 0 Å². The molecule has 5 nitrogen and oxygen atoms in total.